The Kier molecular flexibility index (Phi) is 8.38. The number of nitrogens with zero attached hydrogens (tertiary/aromatic N) is 2. The molecule has 1 amide bonds. The molecular formula is C24H37N3O. The van der Waals surface area contributed by atoms with E-state index in [1.165, 1.54) is 64.2 Å². The van der Waals surface area contributed by atoms with Gasteiger partial charge in [-0.15, -0.1) is 0 Å². The standard InChI is InChI=1S/C24H37N3O/c25-24(26-19-21-13-6-2-7-14-21)27(22-16-8-3-9-17-22)23(28)18-10-15-20-11-4-1-5-12-20/h3,8-9,16-17,20-21H,1-2,4-7,10-15,18-19H2,(H2,25,26). The van der Waals surface area contributed by atoms with Crippen LogP contribution in [0, 0.1) is 11.8 Å². The Bertz CT molecular complexity index is 616. The van der Waals surface area contributed by atoms with Gasteiger partial charge in [-0.05, 0) is 49.7 Å². The quantitative estimate of drug-likeness (QED) is 0.487. The maximum absolute atomic E-state index is 13.0. The van der Waals surface area contributed by atoms with Crippen molar-refractivity contribution in [2.45, 2.75) is 83.5 Å². The number of benzene rings is 1. The first-order chi connectivity index (χ1) is 13.7. The molecule has 0 atom stereocenters. The number of carbonyl (C=O) groups is 1. The highest BCUT2D eigenvalue weighted by atomic mass is 16.2. The molecule has 2 fully saturated rings. The summed E-state index contributed by atoms with van der Waals surface area (Å²) in [7, 11) is 0. The van der Waals surface area contributed by atoms with Crippen LogP contribution in [0.15, 0.2) is 35.3 Å². The molecular weight excluding hydrogens is 346 g/mol. The van der Waals surface area contributed by atoms with Gasteiger partial charge in [0.15, 0.2) is 0 Å². The molecule has 0 aromatic heterocycles. The Morgan fingerprint density at radius 3 is 2.18 bits per heavy atom. The lowest BCUT2D eigenvalue weighted by Crippen LogP contribution is -2.42. The van der Waals surface area contributed by atoms with Gasteiger partial charge in [0.25, 0.3) is 0 Å². The Morgan fingerprint density at radius 1 is 0.929 bits per heavy atom. The van der Waals surface area contributed by atoms with Gasteiger partial charge < -0.3 is 5.73 Å². The van der Waals surface area contributed by atoms with Crippen LogP contribution in [0.4, 0.5) is 5.69 Å². The molecule has 1 aromatic rings. The minimum atomic E-state index is 0.0758. The predicted molar refractivity (Wildman–Crippen MR) is 117 cm³/mol. The van der Waals surface area contributed by atoms with E-state index in [0.717, 1.165) is 31.0 Å². The van der Waals surface area contributed by atoms with Crippen molar-refractivity contribution in [3.05, 3.63) is 30.3 Å². The smallest absolute Gasteiger partial charge is 0.233 e. The summed E-state index contributed by atoms with van der Waals surface area (Å²) < 4.78 is 0. The fourth-order valence-corrected chi connectivity index (χ4v) is 4.77. The first-order valence-electron chi connectivity index (χ1n) is 11.4. The Balaban J connectivity index is 1.59. The van der Waals surface area contributed by atoms with Crippen LogP contribution in [0.3, 0.4) is 0 Å². The highest BCUT2D eigenvalue weighted by Crippen LogP contribution is 2.28. The molecule has 2 saturated carbocycles. The van der Waals surface area contributed by atoms with Crippen LogP contribution in [-0.4, -0.2) is 18.4 Å². The summed E-state index contributed by atoms with van der Waals surface area (Å²) in [5.74, 6) is 1.86. The minimum absolute atomic E-state index is 0.0758. The van der Waals surface area contributed by atoms with Gasteiger partial charge in [-0.3, -0.25) is 14.7 Å². The topological polar surface area (TPSA) is 58.7 Å². The van der Waals surface area contributed by atoms with Gasteiger partial charge in [-0.25, -0.2) is 0 Å². The van der Waals surface area contributed by atoms with Gasteiger partial charge >= 0.3 is 0 Å². The van der Waals surface area contributed by atoms with Crippen LogP contribution in [0.5, 0.6) is 0 Å². The second-order valence-electron chi connectivity index (χ2n) is 8.66. The number of amides is 1. The summed E-state index contributed by atoms with van der Waals surface area (Å²) in [6.07, 6.45) is 15.8. The molecule has 0 saturated heterocycles. The molecule has 3 rings (SSSR count). The highest BCUT2D eigenvalue weighted by molar-refractivity contribution is 6.15. The summed E-state index contributed by atoms with van der Waals surface area (Å²) in [6.45, 7) is 0.741. The van der Waals surface area contributed by atoms with Crippen LogP contribution < -0.4 is 10.6 Å². The number of nitrogens with two attached hydrogens (primary N) is 1. The lowest BCUT2D eigenvalue weighted by molar-refractivity contribution is -0.117. The van der Waals surface area contributed by atoms with E-state index in [9.17, 15) is 4.79 Å². The van der Waals surface area contributed by atoms with Gasteiger partial charge in [0.05, 0.1) is 5.69 Å². The van der Waals surface area contributed by atoms with Crippen LogP contribution in [0.1, 0.15) is 83.5 Å². The van der Waals surface area contributed by atoms with Crippen LogP contribution in [0.25, 0.3) is 0 Å². The van der Waals surface area contributed by atoms with Gasteiger partial charge in [-0.1, -0.05) is 69.6 Å². The second kappa shape index (κ2) is 11.2. The Morgan fingerprint density at radius 2 is 1.54 bits per heavy atom. The summed E-state index contributed by atoms with van der Waals surface area (Å²) in [6, 6.07) is 9.76. The molecule has 28 heavy (non-hydrogen) atoms. The van der Waals surface area contributed by atoms with Gasteiger partial charge in [0.1, 0.15) is 0 Å². The Labute approximate surface area is 170 Å². The minimum Gasteiger partial charge on any atom is -0.369 e. The molecule has 4 heteroatoms. The van der Waals surface area contributed by atoms with Crippen molar-refractivity contribution in [1.29, 1.82) is 0 Å². The van der Waals surface area contributed by atoms with E-state index in [2.05, 4.69) is 4.99 Å². The molecule has 0 unspecified atom stereocenters. The Hall–Kier alpha value is -1.84. The van der Waals surface area contributed by atoms with E-state index >= 15 is 0 Å². The average Bonchev–Trinajstić information content (AvgIpc) is 2.75. The van der Waals surface area contributed by atoms with E-state index < -0.39 is 0 Å². The summed E-state index contributed by atoms with van der Waals surface area (Å²) in [4.78, 5) is 19.3. The normalized spacial score (nSPS) is 19.5. The van der Waals surface area contributed by atoms with E-state index in [1.54, 1.807) is 4.90 Å². The van der Waals surface area contributed by atoms with Crippen molar-refractivity contribution in [2.24, 2.45) is 22.6 Å². The van der Waals surface area contributed by atoms with Crippen molar-refractivity contribution in [2.75, 3.05) is 11.4 Å². The number of hydrogen-bond donors (Lipinski definition) is 1. The third-order valence-electron chi connectivity index (χ3n) is 6.46. The van der Waals surface area contributed by atoms with Crippen LogP contribution in [0.2, 0.25) is 0 Å². The number of hydrogen-bond acceptors (Lipinski definition) is 2. The van der Waals surface area contributed by atoms with E-state index in [4.69, 9.17) is 5.73 Å². The van der Waals surface area contributed by atoms with Crippen molar-refractivity contribution in [3.8, 4) is 0 Å². The predicted octanol–water partition coefficient (Wildman–Crippen LogP) is 5.67. The number of rotatable bonds is 7. The fraction of sp³-hybridized carbons (Fsp3) is 0.667. The largest absolute Gasteiger partial charge is 0.369 e. The van der Waals surface area contributed by atoms with E-state index in [0.29, 0.717) is 18.3 Å². The van der Waals surface area contributed by atoms with E-state index in [-0.39, 0.29) is 5.91 Å². The van der Waals surface area contributed by atoms with Crippen molar-refractivity contribution in [1.82, 2.24) is 0 Å². The molecule has 154 valence electrons. The van der Waals surface area contributed by atoms with Gasteiger partial charge in [0, 0.05) is 13.0 Å². The molecule has 2 N–H and O–H groups in total. The summed E-state index contributed by atoms with van der Waals surface area (Å²) >= 11 is 0. The SMILES string of the molecule is NC(=NCC1CCCCC1)N(C(=O)CCCC1CCCCC1)c1ccccc1. The number of aliphatic imine (C=N–C) groups is 1. The molecule has 2 aliphatic rings. The second-order valence-corrected chi connectivity index (χ2v) is 8.66. The maximum atomic E-state index is 13.0. The third-order valence-corrected chi connectivity index (χ3v) is 6.46. The zero-order valence-corrected chi connectivity index (χ0v) is 17.3. The first kappa shape index (κ1) is 20.9. The maximum Gasteiger partial charge on any atom is 0.233 e. The summed E-state index contributed by atoms with van der Waals surface area (Å²) in [5.41, 5.74) is 7.17. The van der Waals surface area contributed by atoms with Crippen molar-refractivity contribution < 1.29 is 4.79 Å². The molecule has 0 aliphatic heterocycles. The lowest BCUT2D eigenvalue weighted by Gasteiger charge is -2.25. The van der Waals surface area contributed by atoms with Gasteiger partial charge in [-0.2, -0.15) is 0 Å². The number of carbonyl (C=O) groups excluding carboxylic acids is 1. The average molecular weight is 384 g/mol. The molecule has 0 heterocycles. The molecule has 4 nitrogen and oxygen atoms in total. The fourth-order valence-electron chi connectivity index (χ4n) is 4.77. The lowest BCUT2D eigenvalue weighted by atomic mass is 9.86. The third kappa shape index (κ3) is 6.35. The first-order valence-corrected chi connectivity index (χ1v) is 11.4. The number of guanidine groups is 1. The zero-order chi connectivity index (χ0) is 19.6. The molecule has 2 aliphatic carbocycles. The number of para-hydroxylation sites is 1. The van der Waals surface area contributed by atoms with Gasteiger partial charge in [0.2, 0.25) is 11.9 Å². The molecule has 0 bridgehead atoms. The monoisotopic (exact) mass is 383 g/mol. The van der Waals surface area contributed by atoms with E-state index in [1.807, 2.05) is 30.3 Å². The van der Waals surface area contributed by atoms with Crippen LogP contribution >= 0.6 is 0 Å². The highest BCUT2D eigenvalue weighted by Gasteiger charge is 2.21. The van der Waals surface area contributed by atoms with Crippen molar-refractivity contribution >= 4 is 17.6 Å². The number of anilines is 1. The molecule has 0 radical (unpaired) electrons. The molecule has 1 aromatic carbocycles. The zero-order valence-electron chi connectivity index (χ0n) is 17.3. The van der Waals surface area contributed by atoms with Crippen molar-refractivity contribution in [3.63, 3.8) is 0 Å². The summed E-state index contributed by atoms with van der Waals surface area (Å²) in [5, 5.41) is 0. The van der Waals surface area contributed by atoms with Crippen LogP contribution in [-0.2, 0) is 4.79 Å². The molecule has 0 spiro atoms.